The third kappa shape index (κ3) is 3.93. The van der Waals surface area contributed by atoms with Gasteiger partial charge in [-0.15, -0.1) is 11.3 Å². The second-order valence-electron chi connectivity index (χ2n) is 5.48. The van der Waals surface area contributed by atoms with Gasteiger partial charge in [-0.3, -0.25) is 10.1 Å². The van der Waals surface area contributed by atoms with Crippen molar-refractivity contribution >= 4 is 51.1 Å². The van der Waals surface area contributed by atoms with Crippen molar-refractivity contribution in [3.63, 3.8) is 0 Å². The number of carbonyl (C=O) groups excluding carboxylic acids is 3. The van der Waals surface area contributed by atoms with Crippen molar-refractivity contribution in [2.45, 2.75) is 6.92 Å². The van der Waals surface area contributed by atoms with E-state index in [-0.39, 0.29) is 0 Å². The molecule has 3 aromatic rings. The standard InChI is InChI=1S/C17H15ClN4O4S/c1-9-10-7-13(16(24)26-8-14(23)20-17(25)19-2)27-15(10)22(21-9)12-6-4-3-5-11(12)18/h3-7H,8H2,1-2H3,(H2,19,20,23,25). The molecule has 0 fully saturated rings. The molecule has 0 aliphatic rings. The molecular formula is C17H15ClN4O4S. The number of hydrogen-bond donors (Lipinski definition) is 2. The van der Waals surface area contributed by atoms with E-state index in [1.165, 1.54) is 18.4 Å². The molecule has 0 spiro atoms. The Labute approximate surface area is 163 Å². The molecule has 3 amide bonds. The van der Waals surface area contributed by atoms with Gasteiger partial charge in [-0.05, 0) is 25.1 Å². The van der Waals surface area contributed by atoms with Gasteiger partial charge in [0.15, 0.2) is 6.61 Å². The number of esters is 1. The van der Waals surface area contributed by atoms with Crippen LogP contribution in [-0.4, -0.2) is 41.3 Å². The fraction of sp³-hybridized carbons (Fsp3) is 0.176. The number of benzene rings is 1. The second-order valence-corrected chi connectivity index (χ2v) is 6.92. The molecule has 2 N–H and O–H groups in total. The number of rotatable bonds is 4. The topological polar surface area (TPSA) is 102 Å². The summed E-state index contributed by atoms with van der Waals surface area (Å²) in [5.74, 6) is -1.38. The molecular weight excluding hydrogens is 392 g/mol. The highest BCUT2D eigenvalue weighted by Crippen LogP contribution is 2.32. The Morgan fingerprint density at radius 2 is 2.04 bits per heavy atom. The van der Waals surface area contributed by atoms with E-state index in [0.29, 0.717) is 15.6 Å². The number of ether oxygens (including phenoxy) is 1. The monoisotopic (exact) mass is 406 g/mol. The van der Waals surface area contributed by atoms with Crippen LogP contribution < -0.4 is 10.6 Å². The normalized spacial score (nSPS) is 10.6. The highest BCUT2D eigenvalue weighted by molar-refractivity contribution is 7.20. The van der Waals surface area contributed by atoms with Crippen molar-refractivity contribution in [2.75, 3.05) is 13.7 Å². The average Bonchev–Trinajstić information content (AvgIpc) is 3.21. The minimum absolute atomic E-state index is 0.319. The summed E-state index contributed by atoms with van der Waals surface area (Å²) in [5, 5.41) is 10.1. The number of aromatic nitrogens is 2. The van der Waals surface area contributed by atoms with Gasteiger partial charge < -0.3 is 10.1 Å². The van der Waals surface area contributed by atoms with Crippen LogP contribution in [0.25, 0.3) is 15.9 Å². The van der Waals surface area contributed by atoms with Gasteiger partial charge in [-0.1, -0.05) is 23.7 Å². The molecule has 27 heavy (non-hydrogen) atoms. The largest absolute Gasteiger partial charge is 0.451 e. The van der Waals surface area contributed by atoms with Gasteiger partial charge in [0.05, 0.1) is 16.4 Å². The zero-order valence-corrected chi connectivity index (χ0v) is 16.0. The number of carbonyl (C=O) groups is 3. The lowest BCUT2D eigenvalue weighted by Crippen LogP contribution is -2.39. The van der Waals surface area contributed by atoms with Crippen LogP contribution in [0.1, 0.15) is 15.4 Å². The SMILES string of the molecule is CNC(=O)NC(=O)COC(=O)c1cc2c(C)nn(-c3ccccc3Cl)c2s1. The minimum atomic E-state index is -0.720. The van der Waals surface area contributed by atoms with Gasteiger partial charge in [0, 0.05) is 12.4 Å². The smallest absolute Gasteiger partial charge is 0.348 e. The van der Waals surface area contributed by atoms with Crippen LogP contribution >= 0.6 is 22.9 Å². The Morgan fingerprint density at radius 3 is 2.74 bits per heavy atom. The van der Waals surface area contributed by atoms with Crippen LogP contribution in [0.15, 0.2) is 30.3 Å². The molecule has 140 valence electrons. The maximum atomic E-state index is 12.3. The zero-order valence-electron chi connectivity index (χ0n) is 14.4. The van der Waals surface area contributed by atoms with Crippen LogP contribution in [0, 0.1) is 6.92 Å². The first-order chi connectivity index (χ1) is 12.9. The number of thiophene rings is 1. The molecule has 2 aromatic heterocycles. The molecule has 0 aliphatic carbocycles. The molecule has 0 saturated heterocycles. The number of nitrogens with one attached hydrogen (secondary N) is 2. The van der Waals surface area contributed by atoms with Crippen LogP contribution in [0.3, 0.4) is 0 Å². The van der Waals surface area contributed by atoms with Crippen molar-refractivity contribution in [1.29, 1.82) is 0 Å². The van der Waals surface area contributed by atoms with E-state index in [4.69, 9.17) is 16.3 Å². The van der Waals surface area contributed by atoms with Gasteiger partial charge in [0.25, 0.3) is 5.91 Å². The Hall–Kier alpha value is -2.91. The molecule has 0 saturated carbocycles. The first kappa shape index (κ1) is 18.9. The minimum Gasteiger partial charge on any atom is -0.451 e. The number of hydrogen-bond acceptors (Lipinski definition) is 6. The summed E-state index contributed by atoms with van der Waals surface area (Å²) >= 11 is 7.43. The fourth-order valence-corrected chi connectivity index (χ4v) is 3.65. The lowest BCUT2D eigenvalue weighted by molar-refractivity contribution is -0.123. The summed E-state index contributed by atoms with van der Waals surface area (Å²) in [6.07, 6.45) is 0. The molecule has 0 atom stereocenters. The van der Waals surface area contributed by atoms with E-state index in [1.807, 2.05) is 30.4 Å². The summed E-state index contributed by atoms with van der Waals surface area (Å²) in [5.41, 5.74) is 1.43. The fourth-order valence-electron chi connectivity index (χ4n) is 2.36. The van der Waals surface area contributed by atoms with Crippen LogP contribution in [0.2, 0.25) is 5.02 Å². The second kappa shape index (κ2) is 7.77. The first-order valence-corrected chi connectivity index (χ1v) is 9.03. The Kier molecular flexibility index (Phi) is 5.43. The van der Waals surface area contributed by atoms with E-state index in [2.05, 4.69) is 10.4 Å². The predicted molar refractivity (Wildman–Crippen MR) is 102 cm³/mol. The Bertz CT molecular complexity index is 1040. The molecule has 3 rings (SSSR count). The van der Waals surface area contributed by atoms with E-state index in [9.17, 15) is 14.4 Å². The first-order valence-electron chi connectivity index (χ1n) is 7.83. The van der Waals surface area contributed by atoms with Crippen LogP contribution in [0.5, 0.6) is 0 Å². The van der Waals surface area contributed by atoms with Crippen molar-refractivity contribution in [3.8, 4) is 5.69 Å². The number of nitrogens with zero attached hydrogens (tertiary/aromatic N) is 2. The van der Waals surface area contributed by atoms with E-state index < -0.39 is 24.5 Å². The van der Waals surface area contributed by atoms with Gasteiger partial charge >= 0.3 is 12.0 Å². The summed E-state index contributed by atoms with van der Waals surface area (Å²) in [4.78, 5) is 35.9. The van der Waals surface area contributed by atoms with E-state index in [1.54, 1.807) is 16.8 Å². The van der Waals surface area contributed by atoms with Gasteiger partial charge in [-0.2, -0.15) is 5.10 Å². The third-order valence-electron chi connectivity index (χ3n) is 3.64. The number of imide groups is 1. The van der Waals surface area contributed by atoms with E-state index in [0.717, 1.165) is 15.9 Å². The predicted octanol–water partition coefficient (Wildman–Crippen LogP) is 2.66. The molecule has 1 aromatic carbocycles. The number of halogens is 1. The summed E-state index contributed by atoms with van der Waals surface area (Å²) in [6.45, 7) is 1.27. The Morgan fingerprint density at radius 1 is 1.30 bits per heavy atom. The number of fused-ring (bicyclic) bond motifs is 1. The van der Waals surface area contributed by atoms with Crippen LogP contribution in [-0.2, 0) is 9.53 Å². The number of amides is 3. The molecule has 0 aliphatic heterocycles. The molecule has 10 heteroatoms. The van der Waals surface area contributed by atoms with Crippen molar-refractivity contribution in [3.05, 3.63) is 45.9 Å². The molecule has 0 unspecified atom stereocenters. The number of urea groups is 1. The molecule has 0 bridgehead atoms. The summed E-state index contributed by atoms with van der Waals surface area (Å²) < 4.78 is 6.64. The zero-order chi connectivity index (χ0) is 19.6. The lowest BCUT2D eigenvalue weighted by atomic mass is 10.3. The van der Waals surface area contributed by atoms with Crippen molar-refractivity contribution < 1.29 is 19.1 Å². The summed E-state index contributed by atoms with van der Waals surface area (Å²) in [7, 11) is 1.37. The van der Waals surface area contributed by atoms with E-state index >= 15 is 0 Å². The summed E-state index contributed by atoms with van der Waals surface area (Å²) in [6, 6.07) is 8.24. The van der Waals surface area contributed by atoms with Gasteiger partial charge in [-0.25, -0.2) is 14.3 Å². The Balaban J connectivity index is 1.82. The van der Waals surface area contributed by atoms with Crippen molar-refractivity contribution in [1.82, 2.24) is 20.4 Å². The average molecular weight is 407 g/mol. The number of para-hydroxylation sites is 1. The van der Waals surface area contributed by atoms with Gasteiger partial charge in [0.1, 0.15) is 9.71 Å². The lowest BCUT2D eigenvalue weighted by Gasteiger charge is -2.05. The van der Waals surface area contributed by atoms with Gasteiger partial charge in [0.2, 0.25) is 0 Å². The molecule has 8 nitrogen and oxygen atoms in total. The highest BCUT2D eigenvalue weighted by Gasteiger charge is 2.20. The van der Waals surface area contributed by atoms with Crippen molar-refractivity contribution in [2.24, 2.45) is 0 Å². The highest BCUT2D eigenvalue weighted by atomic mass is 35.5. The van der Waals surface area contributed by atoms with Crippen LogP contribution in [0.4, 0.5) is 4.79 Å². The number of aryl methyl sites for hydroxylation is 1. The third-order valence-corrected chi connectivity index (χ3v) is 5.05. The molecule has 0 radical (unpaired) electrons. The quantitative estimate of drug-likeness (QED) is 0.648. The maximum absolute atomic E-state index is 12.3. The molecule has 2 heterocycles. The maximum Gasteiger partial charge on any atom is 0.348 e.